The van der Waals surface area contributed by atoms with Gasteiger partial charge in [0, 0.05) is 26.1 Å². The highest BCUT2D eigenvalue weighted by Gasteiger charge is 2.24. The summed E-state index contributed by atoms with van der Waals surface area (Å²) in [7, 11) is 0. The van der Waals surface area contributed by atoms with Crippen LogP contribution in [0, 0.1) is 5.92 Å². The molecule has 1 aliphatic heterocycles. The Balaban J connectivity index is 1.65. The lowest BCUT2D eigenvalue weighted by Crippen LogP contribution is -2.51. The van der Waals surface area contributed by atoms with Crippen molar-refractivity contribution in [2.24, 2.45) is 5.92 Å². The summed E-state index contributed by atoms with van der Waals surface area (Å²) in [6.45, 7) is 2.22. The van der Waals surface area contributed by atoms with Crippen LogP contribution in [-0.4, -0.2) is 40.7 Å². The van der Waals surface area contributed by atoms with Crippen LogP contribution in [0.25, 0.3) is 0 Å². The van der Waals surface area contributed by atoms with E-state index in [0.717, 1.165) is 18.9 Å². The van der Waals surface area contributed by atoms with Gasteiger partial charge in [0.2, 0.25) is 5.91 Å². The summed E-state index contributed by atoms with van der Waals surface area (Å²) in [5, 5.41) is 12.4. The van der Waals surface area contributed by atoms with Gasteiger partial charge in [-0.05, 0) is 0 Å². The van der Waals surface area contributed by atoms with E-state index in [0.29, 0.717) is 13.0 Å². The minimum atomic E-state index is 0.128. The quantitative estimate of drug-likeness (QED) is 0.556. The van der Waals surface area contributed by atoms with Crippen LogP contribution in [0.4, 0.5) is 0 Å². The first kappa shape index (κ1) is 9.14. The van der Waals surface area contributed by atoms with Gasteiger partial charge >= 0.3 is 0 Å². The Hall–Kier alpha value is -1.43. The van der Waals surface area contributed by atoms with E-state index in [1.807, 2.05) is 0 Å². The SMILES string of the molecule is O=C(NCCc1ncn[nH]1)C1CNC1. The Morgan fingerprint density at radius 3 is 3.07 bits per heavy atom. The molecule has 1 fully saturated rings. The molecular formula is C8H13N5O. The van der Waals surface area contributed by atoms with Crippen molar-refractivity contribution in [3.05, 3.63) is 12.2 Å². The molecule has 0 bridgehead atoms. The second-order valence-electron chi connectivity index (χ2n) is 3.33. The zero-order valence-corrected chi connectivity index (χ0v) is 7.79. The number of hydrogen-bond acceptors (Lipinski definition) is 4. The van der Waals surface area contributed by atoms with Gasteiger partial charge in [-0.3, -0.25) is 9.89 Å². The highest BCUT2D eigenvalue weighted by molar-refractivity contribution is 5.79. The fourth-order valence-corrected chi connectivity index (χ4v) is 1.27. The van der Waals surface area contributed by atoms with E-state index >= 15 is 0 Å². The molecule has 2 heterocycles. The molecule has 1 aromatic rings. The summed E-state index contributed by atoms with van der Waals surface area (Å²) >= 11 is 0. The molecule has 0 aliphatic carbocycles. The monoisotopic (exact) mass is 195 g/mol. The third-order valence-electron chi connectivity index (χ3n) is 2.28. The standard InChI is InChI=1S/C8H13N5O/c14-8(6-3-9-4-6)10-2-1-7-11-5-12-13-7/h5-6,9H,1-4H2,(H,10,14)(H,11,12,13). The van der Waals surface area contributed by atoms with Crippen LogP contribution in [0.5, 0.6) is 0 Å². The molecule has 76 valence electrons. The number of nitrogens with zero attached hydrogens (tertiary/aromatic N) is 2. The Bertz CT molecular complexity index is 293. The molecule has 0 atom stereocenters. The van der Waals surface area contributed by atoms with Crippen LogP contribution in [0.3, 0.4) is 0 Å². The summed E-state index contributed by atoms with van der Waals surface area (Å²) in [5.74, 6) is 1.09. The lowest BCUT2D eigenvalue weighted by molar-refractivity contribution is -0.126. The molecule has 6 heteroatoms. The number of carbonyl (C=O) groups excluding carboxylic acids is 1. The van der Waals surface area contributed by atoms with Crippen LogP contribution in [0.15, 0.2) is 6.33 Å². The van der Waals surface area contributed by atoms with E-state index in [2.05, 4.69) is 25.8 Å². The molecule has 1 saturated heterocycles. The van der Waals surface area contributed by atoms with Crippen molar-refractivity contribution in [3.63, 3.8) is 0 Å². The fraction of sp³-hybridized carbons (Fsp3) is 0.625. The van der Waals surface area contributed by atoms with E-state index < -0.39 is 0 Å². The Morgan fingerprint density at radius 1 is 1.64 bits per heavy atom. The van der Waals surface area contributed by atoms with Gasteiger partial charge in [-0.2, -0.15) is 5.10 Å². The minimum Gasteiger partial charge on any atom is -0.355 e. The van der Waals surface area contributed by atoms with Gasteiger partial charge in [-0.15, -0.1) is 0 Å². The summed E-state index contributed by atoms with van der Waals surface area (Å²) in [6.07, 6.45) is 2.17. The lowest BCUT2D eigenvalue weighted by Gasteiger charge is -2.25. The van der Waals surface area contributed by atoms with E-state index in [1.54, 1.807) is 0 Å². The predicted octanol–water partition coefficient (Wildman–Crippen LogP) is -1.32. The minimum absolute atomic E-state index is 0.128. The second-order valence-corrected chi connectivity index (χ2v) is 3.33. The summed E-state index contributed by atoms with van der Waals surface area (Å²) in [5.41, 5.74) is 0. The third-order valence-corrected chi connectivity index (χ3v) is 2.28. The van der Waals surface area contributed by atoms with Crippen LogP contribution in [0.1, 0.15) is 5.82 Å². The first-order valence-corrected chi connectivity index (χ1v) is 4.69. The van der Waals surface area contributed by atoms with E-state index in [4.69, 9.17) is 0 Å². The van der Waals surface area contributed by atoms with E-state index in [9.17, 15) is 4.79 Å². The maximum Gasteiger partial charge on any atom is 0.225 e. The third kappa shape index (κ3) is 2.08. The molecule has 1 aromatic heterocycles. The van der Waals surface area contributed by atoms with Crippen molar-refractivity contribution in [1.82, 2.24) is 25.8 Å². The second kappa shape index (κ2) is 4.19. The van der Waals surface area contributed by atoms with Gasteiger partial charge in [0.1, 0.15) is 12.2 Å². The molecule has 1 amide bonds. The Kier molecular flexibility index (Phi) is 2.73. The summed E-state index contributed by atoms with van der Waals surface area (Å²) < 4.78 is 0. The number of rotatable bonds is 4. The summed E-state index contributed by atoms with van der Waals surface area (Å²) in [4.78, 5) is 15.3. The van der Waals surface area contributed by atoms with Gasteiger partial charge in [0.05, 0.1) is 5.92 Å². The maximum absolute atomic E-state index is 11.4. The molecule has 3 N–H and O–H groups in total. The molecular weight excluding hydrogens is 182 g/mol. The predicted molar refractivity (Wildman–Crippen MR) is 49.5 cm³/mol. The normalized spacial score (nSPS) is 16.3. The number of carbonyl (C=O) groups is 1. The first-order chi connectivity index (χ1) is 6.86. The number of aromatic amines is 1. The van der Waals surface area contributed by atoms with E-state index in [1.165, 1.54) is 6.33 Å². The fourth-order valence-electron chi connectivity index (χ4n) is 1.27. The maximum atomic E-state index is 11.4. The molecule has 0 spiro atoms. The van der Waals surface area contributed by atoms with Crippen molar-refractivity contribution in [2.45, 2.75) is 6.42 Å². The average molecular weight is 195 g/mol. The summed E-state index contributed by atoms with van der Waals surface area (Å²) in [6, 6.07) is 0. The first-order valence-electron chi connectivity index (χ1n) is 4.69. The van der Waals surface area contributed by atoms with E-state index in [-0.39, 0.29) is 11.8 Å². The van der Waals surface area contributed by atoms with Gasteiger partial charge < -0.3 is 10.6 Å². The number of nitrogens with one attached hydrogen (secondary N) is 3. The Labute approximate surface area is 81.5 Å². The number of aromatic nitrogens is 3. The molecule has 6 nitrogen and oxygen atoms in total. The largest absolute Gasteiger partial charge is 0.355 e. The highest BCUT2D eigenvalue weighted by atomic mass is 16.2. The number of H-pyrrole nitrogens is 1. The number of hydrogen-bond donors (Lipinski definition) is 3. The molecule has 0 radical (unpaired) electrons. The van der Waals surface area contributed by atoms with Crippen LogP contribution in [-0.2, 0) is 11.2 Å². The molecule has 0 saturated carbocycles. The lowest BCUT2D eigenvalue weighted by atomic mass is 10.0. The van der Waals surface area contributed by atoms with Crippen molar-refractivity contribution < 1.29 is 4.79 Å². The zero-order valence-electron chi connectivity index (χ0n) is 7.79. The Morgan fingerprint density at radius 2 is 2.50 bits per heavy atom. The molecule has 2 rings (SSSR count). The van der Waals surface area contributed by atoms with Crippen molar-refractivity contribution >= 4 is 5.91 Å². The number of amides is 1. The van der Waals surface area contributed by atoms with Crippen LogP contribution < -0.4 is 10.6 Å². The van der Waals surface area contributed by atoms with Gasteiger partial charge in [-0.25, -0.2) is 4.98 Å². The van der Waals surface area contributed by atoms with Crippen molar-refractivity contribution in [3.8, 4) is 0 Å². The average Bonchev–Trinajstić information content (AvgIpc) is 2.53. The zero-order chi connectivity index (χ0) is 9.80. The molecule has 0 unspecified atom stereocenters. The highest BCUT2D eigenvalue weighted by Crippen LogP contribution is 2.01. The topological polar surface area (TPSA) is 82.7 Å². The van der Waals surface area contributed by atoms with Crippen molar-refractivity contribution in [1.29, 1.82) is 0 Å². The van der Waals surface area contributed by atoms with Gasteiger partial charge in [0.25, 0.3) is 0 Å². The van der Waals surface area contributed by atoms with Crippen LogP contribution >= 0.6 is 0 Å². The van der Waals surface area contributed by atoms with Crippen LogP contribution in [0.2, 0.25) is 0 Å². The van der Waals surface area contributed by atoms with Gasteiger partial charge in [0.15, 0.2) is 0 Å². The molecule has 14 heavy (non-hydrogen) atoms. The molecule has 0 aromatic carbocycles. The molecule has 1 aliphatic rings. The van der Waals surface area contributed by atoms with Gasteiger partial charge in [-0.1, -0.05) is 0 Å². The van der Waals surface area contributed by atoms with Crippen molar-refractivity contribution in [2.75, 3.05) is 19.6 Å². The smallest absolute Gasteiger partial charge is 0.225 e.